The highest BCUT2D eigenvalue weighted by atomic mass is 19.1. The summed E-state index contributed by atoms with van der Waals surface area (Å²) in [5.74, 6) is -0.180. The number of hydrogen-bond donors (Lipinski definition) is 2. The molecular weight excluding hydrogens is 229 g/mol. The smallest absolute Gasteiger partial charge is 0.127 e. The summed E-state index contributed by atoms with van der Waals surface area (Å²) in [6.07, 6.45) is 1.83. The Balaban J connectivity index is 2.66. The minimum atomic E-state index is -0.180. The first-order chi connectivity index (χ1) is 8.58. The third-order valence-corrected chi connectivity index (χ3v) is 3.99. The number of halogens is 1. The monoisotopic (exact) mass is 253 g/mol. The van der Waals surface area contributed by atoms with E-state index in [4.69, 9.17) is 0 Å². The molecule has 0 fully saturated rings. The van der Waals surface area contributed by atoms with Crippen LogP contribution < -0.4 is 5.32 Å². The van der Waals surface area contributed by atoms with Crippen molar-refractivity contribution in [1.29, 1.82) is 0 Å². The number of hydrogen-bond acceptors (Lipinski definition) is 2. The lowest BCUT2D eigenvalue weighted by atomic mass is 9.83. The molecule has 2 nitrogen and oxygen atoms in total. The second-order valence-corrected chi connectivity index (χ2v) is 4.99. The molecular formula is C15H24FNO. The summed E-state index contributed by atoms with van der Waals surface area (Å²) in [7, 11) is 0. The van der Waals surface area contributed by atoms with E-state index in [9.17, 15) is 9.50 Å². The minimum absolute atomic E-state index is 0.0461. The molecule has 0 spiro atoms. The number of rotatable bonds is 7. The van der Waals surface area contributed by atoms with E-state index >= 15 is 0 Å². The predicted octanol–water partition coefficient (Wildman–Crippen LogP) is 3.28. The van der Waals surface area contributed by atoms with E-state index in [1.165, 1.54) is 6.07 Å². The van der Waals surface area contributed by atoms with Gasteiger partial charge in [0.1, 0.15) is 5.82 Å². The van der Waals surface area contributed by atoms with Crippen molar-refractivity contribution in [3.63, 3.8) is 0 Å². The summed E-state index contributed by atoms with van der Waals surface area (Å²) < 4.78 is 13.6. The van der Waals surface area contributed by atoms with E-state index in [0.29, 0.717) is 12.1 Å². The molecule has 0 radical (unpaired) electrons. The summed E-state index contributed by atoms with van der Waals surface area (Å²) >= 11 is 0. The van der Waals surface area contributed by atoms with Gasteiger partial charge in [0.2, 0.25) is 0 Å². The molecule has 1 aromatic rings. The third-order valence-electron chi connectivity index (χ3n) is 3.99. The van der Waals surface area contributed by atoms with Crippen LogP contribution in [0.5, 0.6) is 0 Å². The van der Waals surface area contributed by atoms with E-state index in [-0.39, 0.29) is 23.9 Å². The van der Waals surface area contributed by atoms with Gasteiger partial charge in [0.05, 0.1) is 0 Å². The summed E-state index contributed by atoms with van der Waals surface area (Å²) in [4.78, 5) is 0. The molecule has 2 N–H and O–H groups in total. The van der Waals surface area contributed by atoms with Crippen LogP contribution in [0.4, 0.5) is 4.39 Å². The normalized spacial score (nSPS) is 13.6. The third kappa shape index (κ3) is 3.53. The Hall–Kier alpha value is -0.930. The second kappa shape index (κ2) is 6.86. The molecule has 0 aliphatic rings. The fraction of sp³-hybridized carbons (Fsp3) is 0.600. The highest BCUT2D eigenvalue weighted by Gasteiger charge is 2.25. The maximum atomic E-state index is 13.6. The molecule has 18 heavy (non-hydrogen) atoms. The molecule has 0 aliphatic carbocycles. The van der Waals surface area contributed by atoms with Gasteiger partial charge in [-0.25, -0.2) is 4.39 Å². The first kappa shape index (κ1) is 15.1. The molecule has 0 bridgehead atoms. The van der Waals surface area contributed by atoms with Crippen LogP contribution in [0.1, 0.15) is 45.2 Å². The molecule has 0 aliphatic heterocycles. The van der Waals surface area contributed by atoms with Crippen molar-refractivity contribution in [2.75, 3.05) is 13.2 Å². The van der Waals surface area contributed by atoms with Gasteiger partial charge in [-0.3, -0.25) is 0 Å². The first-order valence-electron chi connectivity index (χ1n) is 6.67. The molecule has 0 aromatic heterocycles. The van der Waals surface area contributed by atoms with E-state index in [1.807, 2.05) is 13.0 Å². The van der Waals surface area contributed by atoms with Gasteiger partial charge in [-0.2, -0.15) is 0 Å². The SMILES string of the molecule is CCC(CC)(CO)CNC(C)c1ccccc1F. The van der Waals surface area contributed by atoms with Crippen molar-refractivity contribution in [2.24, 2.45) is 5.41 Å². The Morgan fingerprint density at radius 1 is 1.28 bits per heavy atom. The molecule has 0 heterocycles. The second-order valence-electron chi connectivity index (χ2n) is 4.99. The standard InChI is InChI=1S/C15H24FNO/c1-4-15(5-2,11-18)10-17-12(3)13-8-6-7-9-14(13)16/h6-9,12,17-18H,4-5,10-11H2,1-3H3. The Morgan fingerprint density at radius 2 is 1.89 bits per heavy atom. The summed E-state index contributed by atoms with van der Waals surface area (Å²) in [6, 6.07) is 6.77. The van der Waals surface area contributed by atoms with Crippen LogP contribution in [0.15, 0.2) is 24.3 Å². The van der Waals surface area contributed by atoms with Crippen LogP contribution in [0.2, 0.25) is 0 Å². The molecule has 0 saturated carbocycles. The highest BCUT2D eigenvalue weighted by molar-refractivity contribution is 5.20. The van der Waals surface area contributed by atoms with E-state index < -0.39 is 0 Å². The topological polar surface area (TPSA) is 32.3 Å². The minimum Gasteiger partial charge on any atom is -0.396 e. The van der Waals surface area contributed by atoms with Crippen LogP contribution in [-0.2, 0) is 0 Å². The Labute approximate surface area is 109 Å². The van der Waals surface area contributed by atoms with Gasteiger partial charge in [-0.15, -0.1) is 0 Å². The van der Waals surface area contributed by atoms with Crippen LogP contribution in [-0.4, -0.2) is 18.3 Å². The van der Waals surface area contributed by atoms with Crippen molar-refractivity contribution >= 4 is 0 Å². The van der Waals surface area contributed by atoms with Crippen molar-refractivity contribution in [2.45, 2.75) is 39.7 Å². The molecule has 0 saturated heterocycles. The molecule has 1 aromatic carbocycles. The van der Waals surface area contributed by atoms with Crippen LogP contribution >= 0.6 is 0 Å². The maximum absolute atomic E-state index is 13.6. The Morgan fingerprint density at radius 3 is 2.39 bits per heavy atom. The van der Waals surface area contributed by atoms with Gasteiger partial charge in [0.25, 0.3) is 0 Å². The lowest BCUT2D eigenvalue weighted by Gasteiger charge is -2.31. The van der Waals surface area contributed by atoms with Crippen molar-refractivity contribution in [3.8, 4) is 0 Å². The number of benzene rings is 1. The fourth-order valence-corrected chi connectivity index (χ4v) is 2.09. The highest BCUT2D eigenvalue weighted by Crippen LogP contribution is 2.26. The van der Waals surface area contributed by atoms with Crippen molar-refractivity contribution in [3.05, 3.63) is 35.6 Å². The predicted molar refractivity (Wildman–Crippen MR) is 72.9 cm³/mol. The zero-order valence-electron chi connectivity index (χ0n) is 11.5. The van der Waals surface area contributed by atoms with Crippen molar-refractivity contribution in [1.82, 2.24) is 5.32 Å². The van der Waals surface area contributed by atoms with E-state index in [2.05, 4.69) is 19.2 Å². The number of aliphatic hydroxyl groups excluding tert-OH is 1. The maximum Gasteiger partial charge on any atom is 0.127 e. The largest absolute Gasteiger partial charge is 0.396 e. The Bertz CT molecular complexity index is 355. The first-order valence-corrected chi connectivity index (χ1v) is 6.67. The van der Waals surface area contributed by atoms with E-state index in [1.54, 1.807) is 12.1 Å². The zero-order chi connectivity index (χ0) is 13.6. The van der Waals surface area contributed by atoms with Crippen molar-refractivity contribution < 1.29 is 9.50 Å². The zero-order valence-corrected chi connectivity index (χ0v) is 11.5. The molecule has 0 amide bonds. The Kier molecular flexibility index (Phi) is 5.76. The quantitative estimate of drug-likeness (QED) is 0.781. The van der Waals surface area contributed by atoms with Gasteiger partial charge in [0.15, 0.2) is 0 Å². The summed E-state index contributed by atoms with van der Waals surface area (Å²) in [5.41, 5.74) is 0.580. The van der Waals surface area contributed by atoms with Gasteiger partial charge in [0, 0.05) is 30.2 Å². The van der Waals surface area contributed by atoms with Gasteiger partial charge < -0.3 is 10.4 Å². The lowest BCUT2D eigenvalue weighted by molar-refractivity contribution is 0.110. The summed E-state index contributed by atoms with van der Waals surface area (Å²) in [6.45, 7) is 6.97. The van der Waals surface area contributed by atoms with Crippen LogP contribution in [0, 0.1) is 11.2 Å². The average Bonchev–Trinajstić information content (AvgIpc) is 2.41. The average molecular weight is 253 g/mol. The van der Waals surface area contributed by atoms with Crippen LogP contribution in [0.3, 0.4) is 0 Å². The van der Waals surface area contributed by atoms with Gasteiger partial charge in [-0.1, -0.05) is 32.0 Å². The molecule has 1 unspecified atom stereocenters. The lowest BCUT2D eigenvalue weighted by Crippen LogP contribution is -2.37. The van der Waals surface area contributed by atoms with Gasteiger partial charge >= 0.3 is 0 Å². The summed E-state index contributed by atoms with van der Waals surface area (Å²) in [5, 5.41) is 12.8. The molecule has 1 rings (SSSR count). The number of aliphatic hydroxyl groups is 1. The molecule has 102 valence electrons. The fourth-order valence-electron chi connectivity index (χ4n) is 2.09. The van der Waals surface area contributed by atoms with Gasteiger partial charge in [-0.05, 0) is 25.8 Å². The number of nitrogens with one attached hydrogen (secondary N) is 1. The van der Waals surface area contributed by atoms with E-state index in [0.717, 1.165) is 12.8 Å². The van der Waals surface area contributed by atoms with Crippen LogP contribution in [0.25, 0.3) is 0 Å². The molecule has 3 heteroatoms. The molecule has 1 atom stereocenters.